The zero-order valence-corrected chi connectivity index (χ0v) is 34.6. The Hall–Kier alpha value is -5.15. The number of aromatic nitrogens is 4. The molecule has 0 unspecified atom stereocenters. The highest BCUT2D eigenvalue weighted by Gasteiger charge is 2.34. The van der Waals surface area contributed by atoms with E-state index in [-0.39, 0.29) is 17.8 Å². The molecule has 0 radical (unpaired) electrons. The molecule has 8 rings (SSSR count). The van der Waals surface area contributed by atoms with E-state index in [9.17, 15) is 29.7 Å². The molecule has 6 atom stereocenters. The number of rotatable bonds is 18. The quantitative estimate of drug-likeness (QED) is 0.0741. The number of hydrogen-bond acceptors (Lipinski definition) is 9. The van der Waals surface area contributed by atoms with Crippen molar-refractivity contribution < 1.29 is 29.7 Å². The van der Waals surface area contributed by atoms with Crippen LogP contribution in [-0.2, 0) is 67.4 Å². The maximum Gasteiger partial charge on any atom is 0.307 e. The zero-order valence-electron chi connectivity index (χ0n) is 34.6. The van der Waals surface area contributed by atoms with E-state index in [0.29, 0.717) is 52.0 Å². The van der Waals surface area contributed by atoms with E-state index in [4.69, 9.17) is 9.97 Å². The summed E-state index contributed by atoms with van der Waals surface area (Å²) in [6.45, 7) is 6.28. The minimum absolute atomic E-state index is 0.0543. The second-order valence-electron chi connectivity index (χ2n) is 17.4. The number of carboxylic acid groups (broad SMARTS) is 3. The summed E-state index contributed by atoms with van der Waals surface area (Å²) in [6.07, 6.45) is 3.69. The van der Waals surface area contributed by atoms with Crippen LogP contribution in [0.15, 0.2) is 60.7 Å². The second-order valence-corrected chi connectivity index (χ2v) is 17.4. The molecule has 5 heterocycles. The Bertz CT molecular complexity index is 2220. The molecular weight excluding hydrogens is 761 g/mol. The first-order valence-corrected chi connectivity index (χ1v) is 21.5. The van der Waals surface area contributed by atoms with Gasteiger partial charge in [-0.2, -0.15) is 0 Å². The van der Waals surface area contributed by atoms with E-state index in [2.05, 4.69) is 54.2 Å². The van der Waals surface area contributed by atoms with Gasteiger partial charge in [0.1, 0.15) is 11.6 Å². The molecule has 0 saturated carbocycles. The topological polar surface area (TPSA) is 187 Å². The van der Waals surface area contributed by atoms with Crippen LogP contribution in [0.2, 0.25) is 0 Å². The number of nitrogens with one attached hydrogen (secondary N) is 3. The van der Waals surface area contributed by atoms with Gasteiger partial charge in [0, 0.05) is 46.6 Å². The third kappa shape index (κ3) is 8.97. The first kappa shape index (κ1) is 41.6. The summed E-state index contributed by atoms with van der Waals surface area (Å²) in [7, 11) is 3.97. The van der Waals surface area contributed by atoms with E-state index in [1.54, 1.807) is 0 Å². The highest BCUT2D eigenvalue weighted by molar-refractivity contribution is 5.81. The standard InChI is InChI=1S/C46H58N8O6/c1-52-40(20-36(45(57)58)31-13-16-48-23-31)50-38-10-4-8-33(42(38)52)26-54(25-29-7-3-6-28(18-29)19-35(44(55)56)30-12-15-47-22-30)27-34-9-5-11-39-43(34)53(2)41(51-39)21-37(46(59)60)32-14-17-49-24-32/h3-11,18,30-32,35-37,47-49H,12-17,19-27H2,1-2H3,(H,55,56)(H,57,58)(H,59,60)/t30-,31-,32-,35-,36-,37-/m0/s1. The minimum atomic E-state index is -0.791. The molecule has 0 aliphatic carbocycles. The fraction of sp³-hybridized carbons (Fsp3) is 0.500. The summed E-state index contributed by atoms with van der Waals surface area (Å²) in [5.74, 6) is -2.15. The van der Waals surface area contributed by atoms with Gasteiger partial charge in [-0.1, -0.05) is 48.5 Å². The molecule has 0 spiro atoms. The van der Waals surface area contributed by atoms with E-state index >= 15 is 0 Å². The van der Waals surface area contributed by atoms with Gasteiger partial charge in [0.15, 0.2) is 0 Å². The average molecular weight is 819 g/mol. The number of nitrogens with zero attached hydrogens (tertiary/aromatic N) is 5. The molecule has 0 amide bonds. The number of aliphatic carboxylic acids is 3. The Morgan fingerprint density at radius 1 is 0.617 bits per heavy atom. The number of carbonyl (C=O) groups is 3. The Labute approximate surface area is 350 Å². The number of benzene rings is 3. The van der Waals surface area contributed by atoms with Crippen LogP contribution in [0, 0.1) is 35.5 Å². The van der Waals surface area contributed by atoms with E-state index in [0.717, 1.165) is 101 Å². The molecule has 3 fully saturated rings. The van der Waals surface area contributed by atoms with Crippen LogP contribution in [0.5, 0.6) is 0 Å². The van der Waals surface area contributed by atoms with Crippen molar-refractivity contribution in [2.45, 2.75) is 58.2 Å². The summed E-state index contributed by atoms with van der Waals surface area (Å²) in [4.78, 5) is 49.8. The lowest BCUT2D eigenvalue weighted by atomic mass is 9.86. The summed E-state index contributed by atoms with van der Waals surface area (Å²) in [6, 6.07) is 20.5. The second kappa shape index (κ2) is 18.2. The van der Waals surface area contributed by atoms with Crippen LogP contribution in [0.4, 0.5) is 0 Å². The summed E-state index contributed by atoms with van der Waals surface area (Å²) < 4.78 is 4.14. The third-order valence-corrected chi connectivity index (χ3v) is 13.5. The largest absolute Gasteiger partial charge is 0.481 e. The molecule has 0 bridgehead atoms. The van der Waals surface area contributed by atoms with Gasteiger partial charge in [-0.15, -0.1) is 0 Å². The molecule has 318 valence electrons. The molecular formula is C46H58N8O6. The zero-order chi connectivity index (χ0) is 41.9. The lowest BCUT2D eigenvalue weighted by Crippen LogP contribution is -2.28. The highest BCUT2D eigenvalue weighted by Crippen LogP contribution is 2.31. The van der Waals surface area contributed by atoms with Gasteiger partial charge in [-0.05, 0) is 117 Å². The van der Waals surface area contributed by atoms with Crippen LogP contribution >= 0.6 is 0 Å². The van der Waals surface area contributed by atoms with Crippen molar-refractivity contribution in [1.82, 2.24) is 40.0 Å². The maximum atomic E-state index is 12.5. The Morgan fingerprint density at radius 3 is 1.45 bits per heavy atom. The van der Waals surface area contributed by atoms with Crippen molar-refractivity contribution in [3.05, 3.63) is 94.6 Å². The maximum absolute atomic E-state index is 12.5. The van der Waals surface area contributed by atoms with Crippen LogP contribution in [0.1, 0.15) is 53.2 Å². The minimum Gasteiger partial charge on any atom is -0.481 e. The average Bonchev–Trinajstić information content (AvgIpc) is 4.08. The third-order valence-electron chi connectivity index (χ3n) is 13.5. The van der Waals surface area contributed by atoms with Crippen LogP contribution in [0.3, 0.4) is 0 Å². The Balaban J connectivity index is 1.12. The van der Waals surface area contributed by atoms with Crippen LogP contribution in [-0.4, -0.2) is 96.5 Å². The molecule has 14 nitrogen and oxygen atoms in total. The number of aryl methyl sites for hydroxylation is 2. The van der Waals surface area contributed by atoms with Crippen LogP contribution < -0.4 is 16.0 Å². The molecule has 3 saturated heterocycles. The SMILES string of the molecule is Cn1c(C[C@H](C(=O)O)[C@H]2CCNC2)nc2cccc(CN(Cc3cccc(C[C@H](C(=O)O)[C@H]4CCNC4)c3)Cc3cccc4nc(C[C@H](C(=O)O)[C@H]5CCNC5)n(C)c34)c21. The lowest BCUT2D eigenvalue weighted by Gasteiger charge is -2.25. The van der Waals surface area contributed by atoms with E-state index in [1.165, 1.54) is 0 Å². The van der Waals surface area contributed by atoms with Crippen molar-refractivity contribution in [1.29, 1.82) is 0 Å². The van der Waals surface area contributed by atoms with Gasteiger partial charge in [-0.3, -0.25) is 19.3 Å². The normalized spacial score (nSPS) is 20.9. The number of fused-ring (bicyclic) bond motifs is 2. The molecule has 14 heteroatoms. The van der Waals surface area contributed by atoms with Gasteiger partial charge in [-0.25, -0.2) is 9.97 Å². The smallest absolute Gasteiger partial charge is 0.307 e. The molecule has 3 aliphatic heterocycles. The van der Waals surface area contributed by atoms with Gasteiger partial charge in [0.25, 0.3) is 0 Å². The monoisotopic (exact) mass is 818 g/mol. The summed E-state index contributed by atoms with van der Waals surface area (Å²) in [5, 5.41) is 40.6. The Kier molecular flexibility index (Phi) is 12.6. The number of carboxylic acids is 3. The molecule has 5 aromatic rings. The predicted octanol–water partition coefficient (Wildman–Crippen LogP) is 4.22. The summed E-state index contributed by atoms with van der Waals surface area (Å²) >= 11 is 0. The van der Waals surface area contributed by atoms with Gasteiger partial charge < -0.3 is 40.4 Å². The van der Waals surface area contributed by atoms with Crippen molar-refractivity contribution >= 4 is 40.0 Å². The van der Waals surface area contributed by atoms with Crippen molar-refractivity contribution in [3.63, 3.8) is 0 Å². The number of hydrogen-bond donors (Lipinski definition) is 6. The number of imidazole rings is 2. The molecule has 6 N–H and O–H groups in total. The van der Waals surface area contributed by atoms with E-state index < -0.39 is 35.7 Å². The molecule has 3 aromatic carbocycles. The van der Waals surface area contributed by atoms with Gasteiger partial charge >= 0.3 is 17.9 Å². The van der Waals surface area contributed by atoms with E-state index in [1.807, 2.05) is 50.5 Å². The molecule has 3 aliphatic rings. The Morgan fingerprint density at radius 2 is 1.03 bits per heavy atom. The fourth-order valence-electron chi connectivity index (χ4n) is 10.3. The fourth-order valence-corrected chi connectivity index (χ4v) is 10.3. The summed E-state index contributed by atoms with van der Waals surface area (Å²) in [5.41, 5.74) is 7.78. The van der Waals surface area contributed by atoms with Gasteiger partial charge in [0.05, 0.1) is 39.8 Å². The predicted molar refractivity (Wildman–Crippen MR) is 228 cm³/mol. The van der Waals surface area contributed by atoms with Crippen molar-refractivity contribution in [2.24, 2.45) is 49.6 Å². The van der Waals surface area contributed by atoms with Gasteiger partial charge in [0.2, 0.25) is 0 Å². The van der Waals surface area contributed by atoms with Crippen molar-refractivity contribution in [3.8, 4) is 0 Å². The van der Waals surface area contributed by atoms with Crippen LogP contribution in [0.25, 0.3) is 22.1 Å². The van der Waals surface area contributed by atoms with Crippen molar-refractivity contribution in [2.75, 3.05) is 39.3 Å². The number of para-hydroxylation sites is 2. The highest BCUT2D eigenvalue weighted by atomic mass is 16.4. The lowest BCUT2D eigenvalue weighted by molar-refractivity contribution is -0.144. The first-order valence-electron chi connectivity index (χ1n) is 21.5. The first-order chi connectivity index (χ1) is 29.0. The molecule has 2 aromatic heterocycles. The molecule has 60 heavy (non-hydrogen) atoms.